The summed E-state index contributed by atoms with van der Waals surface area (Å²) in [4.78, 5) is 4.39. The molecular formula is C129H209N3O4S. The molecule has 0 spiro atoms. The van der Waals surface area contributed by atoms with Gasteiger partial charge in [0.1, 0.15) is 23.0 Å². The van der Waals surface area contributed by atoms with Gasteiger partial charge >= 0.3 is 0 Å². The maximum atomic E-state index is 5.08. The van der Waals surface area contributed by atoms with Crippen LogP contribution in [0.15, 0.2) is 352 Å². The van der Waals surface area contributed by atoms with Crippen molar-refractivity contribution in [2.75, 3.05) is 0 Å². The third kappa shape index (κ3) is 112. The van der Waals surface area contributed by atoms with Gasteiger partial charge in [-0.05, 0) is 209 Å². The Bertz CT molecular complexity index is 4300. The molecular weight excluding hydrogens is 1690 g/mol. The molecule has 0 saturated carbocycles. The number of aromatic nitrogens is 3. The highest BCUT2D eigenvalue weighted by molar-refractivity contribution is 7.18. The van der Waals surface area contributed by atoms with Crippen LogP contribution in [0, 0.1) is 96.9 Å². The van der Waals surface area contributed by atoms with Crippen molar-refractivity contribution in [3.8, 4) is 0 Å². The van der Waals surface area contributed by atoms with Crippen LogP contribution in [0.4, 0.5) is 0 Å². The zero-order valence-corrected chi connectivity index (χ0v) is 97.6. The van der Waals surface area contributed by atoms with Crippen LogP contribution >= 0.6 is 11.3 Å². The molecule has 0 atom stereocenters. The van der Waals surface area contributed by atoms with Crippen LogP contribution < -0.4 is 0 Å². The second kappa shape index (κ2) is 125. The largest absolute Gasteiger partial charge is 0.473 e. The van der Waals surface area contributed by atoms with Crippen molar-refractivity contribution < 1.29 is 17.7 Å². The Morgan fingerprint density at radius 2 is 0.445 bits per heavy atom. The SMILES string of the molecule is CC.CC.CC.CC.CC.CC.CC.CCC.CCC.CCC.CCC.CCC.CCC.CCC.CCC.Cc1ccc(C)n1C.Cc1ccc(C)o1.Cc1ccc(C)o1.Cc1ccc2ccccc2c1.Cc1ccc2ccccc2c1.Cc1ccc2sc(C)nc2c1.Cc1ccccc1.Cc1ccccc1.Cc1ccccc1.Cc1ccccc1.Cn1cccc1.c1ccoc1.c1ccoc1. The van der Waals surface area contributed by atoms with Crippen LogP contribution in [0.25, 0.3) is 31.8 Å². The van der Waals surface area contributed by atoms with Crippen LogP contribution in [0.3, 0.4) is 0 Å². The molecule has 0 unspecified atom stereocenters. The molecule has 0 aliphatic carbocycles. The first-order valence-electron chi connectivity index (χ1n) is 51.5. The minimum atomic E-state index is 0.984. The number of hydrogen-bond donors (Lipinski definition) is 0. The van der Waals surface area contributed by atoms with E-state index in [1.54, 1.807) is 36.4 Å². The average Bonchev–Trinajstić information content (AvgIpc) is 1.73. The zero-order valence-electron chi connectivity index (χ0n) is 96.8. The van der Waals surface area contributed by atoms with Gasteiger partial charge in [-0.2, -0.15) is 0 Å². The van der Waals surface area contributed by atoms with E-state index in [-0.39, 0.29) is 0 Å². The fourth-order valence-electron chi connectivity index (χ4n) is 8.64. The average molecular weight is 1900 g/mol. The molecule has 7 nitrogen and oxygen atoms in total. The molecule has 0 N–H and O–H groups in total. The minimum absolute atomic E-state index is 0.984. The monoisotopic (exact) mass is 1900 g/mol. The first-order valence-corrected chi connectivity index (χ1v) is 52.3. The molecule has 0 saturated heterocycles. The molecule has 0 bridgehead atoms. The molecule has 137 heavy (non-hydrogen) atoms. The molecule has 770 valence electrons. The Kier molecular flexibility index (Phi) is 138. The molecule has 7 aromatic heterocycles. The lowest BCUT2D eigenvalue weighted by molar-refractivity contribution is 0.504. The van der Waals surface area contributed by atoms with Crippen LogP contribution in [-0.4, -0.2) is 14.1 Å². The van der Waals surface area contributed by atoms with E-state index in [4.69, 9.17) is 8.83 Å². The number of hydrogen-bond acceptors (Lipinski definition) is 6. The van der Waals surface area contributed by atoms with Gasteiger partial charge in [-0.25, -0.2) is 4.98 Å². The molecule has 7 heterocycles. The lowest BCUT2D eigenvalue weighted by Crippen LogP contribution is -1.91. The third-order valence-electron chi connectivity index (χ3n) is 14.2. The van der Waals surface area contributed by atoms with Crippen molar-refractivity contribution in [1.29, 1.82) is 0 Å². The molecule has 16 rings (SSSR count). The van der Waals surface area contributed by atoms with Gasteiger partial charge in [0, 0.05) is 37.9 Å². The van der Waals surface area contributed by atoms with E-state index in [2.05, 4.69) is 362 Å². The normalized spacial score (nSPS) is 8.16. The Hall–Kier alpha value is -10.9. The maximum absolute atomic E-state index is 5.08. The van der Waals surface area contributed by atoms with Crippen LogP contribution in [0.2, 0.25) is 0 Å². The number of rotatable bonds is 0. The third-order valence-corrected chi connectivity index (χ3v) is 15.2. The number of furan rings is 4. The standard InChI is InChI=1S/2C11H10.C9H9NS.C7H11N.4C7H8.2C6H8O.C5H7N.2C4H4O.8C3H8.7C2H6/c2*1-9-6-7-10-4-2-3-5-11(10)8-9;1-6-3-4-9-8(5-6)10-7(2)11-9;1-6-4-5-7(2)8(6)3;4*1-7-5-3-2-4-6-7;2*1-5-3-4-6(2)7-5;1-6-4-2-3-5-6;2*1-2-4-5-3-1;8*1-3-2;7*1-2/h2*2-8H,1H3;3-5H,1-2H3;4-5H,1-3H3;4*2-6H,1H3;2*3-4H,1-2H3;2-5H,1H3;2*1-4H;8*3H2,1-2H3;7*1-2H3. The summed E-state index contributed by atoms with van der Waals surface area (Å²) < 4.78 is 24.8. The summed E-state index contributed by atoms with van der Waals surface area (Å²) in [6.45, 7) is 90.7. The van der Waals surface area contributed by atoms with Crippen molar-refractivity contribution >= 4 is 43.1 Å². The van der Waals surface area contributed by atoms with Gasteiger partial charge in [0.15, 0.2) is 0 Å². The van der Waals surface area contributed by atoms with E-state index in [1.807, 2.05) is 289 Å². The van der Waals surface area contributed by atoms with Gasteiger partial charge in [-0.15, -0.1) is 11.3 Å². The number of fused-ring (bicyclic) bond motifs is 3. The second-order valence-corrected chi connectivity index (χ2v) is 30.3. The maximum Gasteiger partial charge on any atom is 0.101 e. The lowest BCUT2D eigenvalue weighted by Gasteiger charge is -1.96. The predicted octanol–water partition coefficient (Wildman–Crippen LogP) is 44.7. The molecule has 8 heteroatoms. The smallest absolute Gasteiger partial charge is 0.101 e. The second-order valence-electron chi connectivity index (χ2n) is 29.1. The number of aryl methyl sites for hydroxylation is 15. The predicted molar refractivity (Wildman–Crippen MR) is 632 cm³/mol. The summed E-state index contributed by atoms with van der Waals surface area (Å²) in [5.41, 5.74) is 13.0. The highest BCUT2D eigenvalue weighted by Crippen LogP contribution is 2.22. The van der Waals surface area contributed by atoms with E-state index >= 15 is 0 Å². The molecule has 9 aromatic carbocycles. The van der Waals surface area contributed by atoms with Gasteiger partial charge in [-0.3, -0.25) is 0 Å². The van der Waals surface area contributed by atoms with Crippen molar-refractivity contribution in [1.82, 2.24) is 14.1 Å². The van der Waals surface area contributed by atoms with E-state index in [9.17, 15) is 0 Å². The highest BCUT2D eigenvalue weighted by Gasteiger charge is 1.99. The molecule has 0 fully saturated rings. The zero-order chi connectivity index (χ0) is 107. The van der Waals surface area contributed by atoms with Gasteiger partial charge < -0.3 is 26.8 Å². The summed E-state index contributed by atoms with van der Waals surface area (Å²) in [5.74, 6) is 3.94. The minimum Gasteiger partial charge on any atom is -0.473 e. The quantitative estimate of drug-likeness (QED) is 0.151. The molecule has 0 aliphatic rings. The first kappa shape index (κ1) is 152. The summed E-state index contributed by atoms with van der Waals surface area (Å²) in [6, 6.07) is 101. The van der Waals surface area contributed by atoms with Crippen molar-refractivity contribution in [2.45, 2.75) is 356 Å². The Balaban J connectivity index is -0.000000120. The summed E-state index contributed by atoms with van der Waals surface area (Å²) in [5, 5.41) is 6.43. The Morgan fingerprint density at radius 3 is 0.620 bits per heavy atom. The molecule has 0 radical (unpaired) electrons. The van der Waals surface area contributed by atoms with Crippen LogP contribution in [0.1, 0.15) is 337 Å². The summed E-state index contributed by atoms with van der Waals surface area (Å²) in [6.07, 6.45) is 20.5. The van der Waals surface area contributed by atoms with Gasteiger partial charge in [0.05, 0.1) is 40.3 Å². The number of nitrogens with zero attached hydrogens (tertiary/aromatic N) is 3. The fourth-order valence-corrected chi connectivity index (χ4v) is 9.45. The molecule has 16 aromatic rings. The van der Waals surface area contributed by atoms with E-state index < -0.39 is 0 Å². The lowest BCUT2D eigenvalue weighted by atomic mass is 10.1. The Morgan fingerprint density at radius 1 is 0.226 bits per heavy atom. The summed E-state index contributed by atoms with van der Waals surface area (Å²) >= 11 is 1.75. The van der Waals surface area contributed by atoms with E-state index in [1.165, 1.54) is 128 Å². The number of benzene rings is 9. The first-order chi connectivity index (χ1) is 66.0. The Labute approximate surface area is 852 Å². The van der Waals surface area contributed by atoms with Gasteiger partial charge in [-0.1, -0.05) is 505 Å². The molecule has 0 aliphatic heterocycles. The summed E-state index contributed by atoms with van der Waals surface area (Å²) in [7, 11) is 4.07. The van der Waals surface area contributed by atoms with Crippen molar-refractivity contribution in [3.05, 3.63) is 413 Å². The van der Waals surface area contributed by atoms with Gasteiger partial charge in [0.2, 0.25) is 0 Å². The van der Waals surface area contributed by atoms with Crippen LogP contribution in [0.5, 0.6) is 0 Å². The number of thiazole rings is 1. The highest BCUT2D eigenvalue weighted by atomic mass is 32.1. The van der Waals surface area contributed by atoms with E-state index in [0.717, 1.165) is 33.6 Å². The van der Waals surface area contributed by atoms with Crippen molar-refractivity contribution in [3.63, 3.8) is 0 Å². The van der Waals surface area contributed by atoms with Gasteiger partial charge in [0.25, 0.3) is 0 Å². The van der Waals surface area contributed by atoms with Crippen molar-refractivity contribution in [2.24, 2.45) is 14.1 Å². The van der Waals surface area contributed by atoms with E-state index in [0.29, 0.717) is 0 Å². The molecule has 0 amide bonds. The van der Waals surface area contributed by atoms with Crippen LogP contribution in [-0.2, 0) is 14.1 Å². The fraction of sp³-hybridized carbons (Fsp3) is 0.419. The topological polar surface area (TPSA) is 75.3 Å².